The smallest absolute Gasteiger partial charge is 0.308 e. The average molecular weight is 321 g/mol. The lowest BCUT2D eigenvalue weighted by molar-refractivity contribution is -0.142. The van der Waals surface area contributed by atoms with Gasteiger partial charge in [-0.3, -0.25) is 9.59 Å². The largest absolute Gasteiger partial charge is 0.491 e. The topological polar surface area (TPSA) is 75.6 Å². The molecule has 1 rings (SSSR count). The second-order valence-electron chi connectivity index (χ2n) is 6.46. The Morgan fingerprint density at radius 2 is 1.91 bits per heavy atom. The highest BCUT2D eigenvalue weighted by Crippen LogP contribution is 2.15. The normalized spacial score (nSPS) is 12.3. The Morgan fingerprint density at radius 1 is 1.22 bits per heavy atom. The molecule has 0 radical (unpaired) electrons. The van der Waals surface area contributed by atoms with Crippen LogP contribution < -0.4 is 10.1 Å². The van der Waals surface area contributed by atoms with Gasteiger partial charge in [0, 0.05) is 6.54 Å². The summed E-state index contributed by atoms with van der Waals surface area (Å²) in [4.78, 5) is 23.2. The highest BCUT2D eigenvalue weighted by atomic mass is 16.5. The van der Waals surface area contributed by atoms with Crippen molar-refractivity contribution in [3.05, 3.63) is 29.8 Å². The third kappa shape index (κ3) is 7.68. The number of carboxylic acid groups (broad SMARTS) is 1. The first kappa shape index (κ1) is 19.0. The van der Waals surface area contributed by atoms with Crippen LogP contribution in [0.25, 0.3) is 0 Å². The molecule has 1 aromatic rings. The quantitative estimate of drug-likeness (QED) is 0.733. The van der Waals surface area contributed by atoms with E-state index in [0.29, 0.717) is 6.42 Å². The first-order valence-corrected chi connectivity index (χ1v) is 8.03. The summed E-state index contributed by atoms with van der Waals surface area (Å²) in [7, 11) is 0. The van der Waals surface area contributed by atoms with E-state index in [1.165, 1.54) is 0 Å². The second kappa shape index (κ2) is 9.18. The van der Waals surface area contributed by atoms with Gasteiger partial charge in [0.25, 0.3) is 0 Å². The van der Waals surface area contributed by atoms with Crippen molar-refractivity contribution in [2.45, 2.75) is 46.6 Å². The zero-order chi connectivity index (χ0) is 17.4. The van der Waals surface area contributed by atoms with Gasteiger partial charge in [0.05, 0.1) is 18.4 Å². The van der Waals surface area contributed by atoms with Crippen molar-refractivity contribution in [2.75, 3.05) is 6.54 Å². The Labute approximate surface area is 138 Å². The van der Waals surface area contributed by atoms with Crippen LogP contribution >= 0.6 is 0 Å². The van der Waals surface area contributed by atoms with E-state index in [0.717, 1.165) is 11.3 Å². The second-order valence-corrected chi connectivity index (χ2v) is 6.46. The Morgan fingerprint density at radius 3 is 2.48 bits per heavy atom. The lowest BCUT2D eigenvalue weighted by Gasteiger charge is -2.15. The Bertz CT molecular complexity index is 526. The van der Waals surface area contributed by atoms with Gasteiger partial charge in [0.2, 0.25) is 5.91 Å². The van der Waals surface area contributed by atoms with Crippen molar-refractivity contribution in [3.8, 4) is 5.75 Å². The minimum Gasteiger partial charge on any atom is -0.491 e. The molecule has 1 atom stereocenters. The van der Waals surface area contributed by atoms with E-state index in [9.17, 15) is 14.7 Å². The number of amides is 1. The van der Waals surface area contributed by atoms with Crippen molar-refractivity contribution >= 4 is 11.9 Å². The van der Waals surface area contributed by atoms with Crippen molar-refractivity contribution in [3.63, 3.8) is 0 Å². The van der Waals surface area contributed by atoms with Crippen LogP contribution in [-0.4, -0.2) is 29.6 Å². The minimum absolute atomic E-state index is 0.0754. The number of hydrogen-bond donors (Lipinski definition) is 2. The fraction of sp³-hybridized carbons (Fsp3) is 0.556. The van der Waals surface area contributed by atoms with Gasteiger partial charge in [0.1, 0.15) is 5.75 Å². The van der Waals surface area contributed by atoms with Crippen LogP contribution in [0.15, 0.2) is 24.3 Å². The van der Waals surface area contributed by atoms with Crippen LogP contribution in [0, 0.1) is 11.8 Å². The molecular formula is C18H27NO4. The average Bonchev–Trinajstić information content (AvgIpc) is 2.42. The van der Waals surface area contributed by atoms with Crippen LogP contribution in [0.1, 0.15) is 39.7 Å². The standard InChI is InChI=1S/C18H27NO4/c1-12(2)8-15(18(21)22)11-19-17(20)10-14-6-5-7-16(9-14)23-13(3)4/h5-7,9,12-13,15H,8,10-11H2,1-4H3,(H,19,20)(H,21,22). The molecule has 0 saturated carbocycles. The molecule has 0 aliphatic rings. The lowest BCUT2D eigenvalue weighted by Crippen LogP contribution is -2.34. The van der Waals surface area contributed by atoms with Gasteiger partial charge < -0.3 is 15.2 Å². The zero-order valence-corrected chi connectivity index (χ0v) is 14.3. The van der Waals surface area contributed by atoms with Crippen LogP contribution in [0.5, 0.6) is 5.75 Å². The maximum Gasteiger partial charge on any atom is 0.308 e. The summed E-state index contributed by atoms with van der Waals surface area (Å²) < 4.78 is 5.60. The van der Waals surface area contributed by atoms with Gasteiger partial charge in [-0.25, -0.2) is 0 Å². The number of carbonyl (C=O) groups excluding carboxylic acids is 1. The summed E-state index contributed by atoms with van der Waals surface area (Å²) in [5, 5.41) is 11.9. The van der Waals surface area contributed by atoms with Crippen LogP contribution in [0.2, 0.25) is 0 Å². The number of nitrogens with one attached hydrogen (secondary N) is 1. The molecule has 0 aliphatic heterocycles. The highest BCUT2D eigenvalue weighted by molar-refractivity contribution is 5.79. The molecule has 128 valence electrons. The predicted molar refractivity (Wildman–Crippen MR) is 89.5 cm³/mol. The number of ether oxygens (including phenoxy) is 1. The van der Waals surface area contributed by atoms with Gasteiger partial charge in [-0.2, -0.15) is 0 Å². The third-order valence-electron chi connectivity index (χ3n) is 3.29. The van der Waals surface area contributed by atoms with Gasteiger partial charge in [0.15, 0.2) is 0 Å². The molecule has 1 unspecified atom stereocenters. The van der Waals surface area contributed by atoms with Crippen molar-refractivity contribution in [1.82, 2.24) is 5.32 Å². The summed E-state index contributed by atoms with van der Waals surface area (Å²) in [5.41, 5.74) is 0.844. The minimum atomic E-state index is -0.869. The number of aliphatic carboxylic acids is 1. The van der Waals surface area contributed by atoms with Crippen LogP contribution in [0.4, 0.5) is 0 Å². The Balaban J connectivity index is 2.54. The van der Waals surface area contributed by atoms with E-state index in [2.05, 4.69) is 5.32 Å². The van der Waals surface area contributed by atoms with Gasteiger partial charge in [-0.05, 0) is 43.9 Å². The monoisotopic (exact) mass is 321 g/mol. The Kier molecular flexibility index (Phi) is 7.59. The molecule has 5 heteroatoms. The predicted octanol–water partition coefficient (Wildman–Crippen LogP) is 2.88. The fourth-order valence-electron chi connectivity index (χ4n) is 2.33. The van der Waals surface area contributed by atoms with Gasteiger partial charge >= 0.3 is 5.97 Å². The van der Waals surface area contributed by atoms with Gasteiger partial charge in [-0.1, -0.05) is 26.0 Å². The maximum atomic E-state index is 12.0. The van der Waals surface area contributed by atoms with E-state index in [4.69, 9.17) is 4.74 Å². The van der Waals surface area contributed by atoms with E-state index in [1.54, 1.807) is 0 Å². The molecule has 5 nitrogen and oxygen atoms in total. The number of hydrogen-bond acceptors (Lipinski definition) is 3. The molecule has 0 heterocycles. The zero-order valence-electron chi connectivity index (χ0n) is 14.3. The van der Waals surface area contributed by atoms with E-state index < -0.39 is 11.9 Å². The van der Waals surface area contributed by atoms with E-state index in [-0.39, 0.29) is 30.9 Å². The maximum absolute atomic E-state index is 12.0. The van der Waals surface area contributed by atoms with E-state index in [1.807, 2.05) is 52.0 Å². The molecule has 2 N–H and O–H groups in total. The Hall–Kier alpha value is -2.04. The summed E-state index contributed by atoms with van der Waals surface area (Å²) in [6.45, 7) is 7.99. The molecule has 0 aromatic heterocycles. The number of carboxylic acids is 1. The van der Waals surface area contributed by atoms with E-state index >= 15 is 0 Å². The summed E-state index contributed by atoms with van der Waals surface area (Å²) >= 11 is 0. The highest BCUT2D eigenvalue weighted by Gasteiger charge is 2.19. The van der Waals surface area contributed by atoms with Gasteiger partial charge in [-0.15, -0.1) is 0 Å². The molecule has 1 amide bonds. The molecule has 23 heavy (non-hydrogen) atoms. The number of carbonyl (C=O) groups is 2. The fourth-order valence-corrected chi connectivity index (χ4v) is 2.33. The molecule has 0 fully saturated rings. The molecule has 0 bridgehead atoms. The lowest BCUT2D eigenvalue weighted by atomic mass is 9.97. The summed E-state index contributed by atoms with van der Waals surface area (Å²) in [5.74, 6) is -0.589. The summed E-state index contributed by atoms with van der Waals surface area (Å²) in [6.07, 6.45) is 0.836. The molecule has 0 saturated heterocycles. The molecule has 0 aliphatic carbocycles. The summed E-state index contributed by atoms with van der Waals surface area (Å²) in [6, 6.07) is 7.39. The molecule has 0 spiro atoms. The van der Waals surface area contributed by atoms with Crippen molar-refractivity contribution in [1.29, 1.82) is 0 Å². The van der Waals surface area contributed by atoms with Crippen LogP contribution in [0.3, 0.4) is 0 Å². The molecule has 1 aromatic carbocycles. The first-order valence-electron chi connectivity index (χ1n) is 8.03. The number of benzene rings is 1. The SMILES string of the molecule is CC(C)CC(CNC(=O)Cc1cccc(OC(C)C)c1)C(=O)O. The number of rotatable bonds is 9. The molecular weight excluding hydrogens is 294 g/mol. The first-order chi connectivity index (χ1) is 10.8. The third-order valence-corrected chi connectivity index (χ3v) is 3.29. The van der Waals surface area contributed by atoms with Crippen LogP contribution in [-0.2, 0) is 16.0 Å². The van der Waals surface area contributed by atoms with Crippen molar-refractivity contribution < 1.29 is 19.4 Å². The van der Waals surface area contributed by atoms with Crippen molar-refractivity contribution in [2.24, 2.45) is 11.8 Å².